The minimum absolute atomic E-state index is 0.973. The first-order valence-corrected chi connectivity index (χ1v) is 7.61. The summed E-state index contributed by atoms with van der Waals surface area (Å²) in [5.41, 5.74) is 3.73. The molecule has 0 spiro atoms. The van der Waals surface area contributed by atoms with E-state index < -0.39 is 0 Å². The molecule has 0 aromatic rings. The molecule has 0 rings (SSSR count). The molecule has 1 nitrogen and oxygen atoms in total. The molecule has 0 bridgehead atoms. The van der Waals surface area contributed by atoms with Gasteiger partial charge in [-0.25, -0.2) is 0 Å². The van der Waals surface area contributed by atoms with E-state index in [1.54, 1.807) is 0 Å². The van der Waals surface area contributed by atoms with Crippen LogP contribution in [-0.2, 0) is 0 Å². The molecule has 0 radical (unpaired) electrons. The van der Waals surface area contributed by atoms with Crippen molar-refractivity contribution in [2.45, 2.75) is 27.2 Å². The second-order valence-electron chi connectivity index (χ2n) is 4.16. The Morgan fingerprint density at radius 1 is 1.28 bits per heavy atom. The number of rotatable bonds is 7. The summed E-state index contributed by atoms with van der Waals surface area (Å²) in [5.74, 6) is 1.07. The van der Waals surface area contributed by atoms with Gasteiger partial charge in [-0.2, -0.15) is 11.8 Å². The molecule has 0 amide bonds. The normalized spacial score (nSPS) is 15.1. The largest absolute Gasteiger partial charge is 0.293 e. The van der Waals surface area contributed by atoms with Gasteiger partial charge in [-0.3, -0.25) is 4.99 Å². The van der Waals surface area contributed by atoms with E-state index in [4.69, 9.17) is 0 Å². The monoisotopic (exact) mass is 263 g/mol. The summed E-state index contributed by atoms with van der Waals surface area (Å²) >= 11 is 1.83. The van der Waals surface area contributed by atoms with Gasteiger partial charge in [-0.15, -0.1) is 0 Å². The maximum absolute atomic E-state index is 4.15. The highest BCUT2D eigenvalue weighted by Crippen LogP contribution is 2.12. The summed E-state index contributed by atoms with van der Waals surface area (Å²) in [6, 6.07) is 0. The van der Waals surface area contributed by atoms with E-state index in [1.165, 1.54) is 11.1 Å². The van der Waals surface area contributed by atoms with E-state index in [1.807, 2.05) is 25.7 Å². The smallest absolute Gasteiger partial charge is 0.0313 e. The summed E-state index contributed by atoms with van der Waals surface area (Å²) in [4.78, 5) is 4.15. The van der Waals surface area contributed by atoms with Crippen molar-refractivity contribution in [3.05, 3.63) is 47.6 Å². The van der Waals surface area contributed by atoms with Gasteiger partial charge in [-0.1, -0.05) is 36.0 Å². The molecule has 0 aliphatic carbocycles. The third-order valence-corrected chi connectivity index (χ3v) is 2.91. The van der Waals surface area contributed by atoms with Gasteiger partial charge < -0.3 is 0 Å². The quantitative estimate of drug-likeness (QED) is 0.473. The summed E-state index contributed by atoms with van der Waals surface area (Å²) in [7, 11) is 1.83. The van der Waals surface area contributed by atoms with Gasteiger partial charge in [-0.05, 0) is 45.1 Å². The van der Waals surface area contributed by atoms with Gasteiger partial charge >= 0.3 is 0 Å². The van der Waals surface area contributed by atoms with E-state index in [9.17, 15) is 0 Å². The van der Waals surface area contributed by atoms with Gasteiger partial charge in [0.25, 0.3) is 0 Å². The summed E-state index contributed by atoms with van der Waals surface area (Å²) in [6.07, 6.45) is 16.0. The van der Waals surface area contributed by atoms with Crippen LogP contribution in [0.2, 0.25) is 0 Å². The molecule has 0 heterocycles. The molecular formula is C16H25NS. The summed E-state index contributed by atoms with van der Waals surface area (Å²) < 4.78 is 0. The van der Waals surface area contributed by atoms with Crippen LogP contribution >= 0.6 is 11.8 Å². The average Bonchev–Trinajstić information content (AvgIpc) is 2.34. The van der Waals surface area contributed by atoms with Gasteiger partial charge in [0.15, 0.2) is 0 Å². The summed E-state index contributed by atoms with van der Waals surface area (Å²) in [5, 5.41) is 0. The number of aliphatic imine (C=N–C) groups is 1. The first-order chi connectivity index (χ1) is 8.63. The van der Waals surface area contributed by atoms with E-state index in [0.29, 0.717) is 0 Å². The Labute approximate surface area is 116 Å². The van der Waals surface area contributed by atoms with Crippen molar-refractivity contribution in [3.8, 4) is 0 Å². The molecule has 0 atom stereocenters. The molecule has 100 valence electrons. The van der Waals surface area contributed by atoms with Crippen molar-refractivity contribution < 1.29 is 0 Å². The molecule has 0 aliphatic rings. The fourth-order valence-corrected chi connectivity index (χ4v) is 1.83. The molecule has 0 saturated carbocycles. The molecule has 0 aliphatic heterocycles. The number of hydrogen-bond acceptors (Lipinski definition) is 2. The van der Waals surface area contributed by atoms with Crippen molar-refractivity contribution in [3.63, 3.8) is 0 Å². The summed E-state index contributed by atoms with van der Waals surface area (Å²) in [6.45, 7) is 6.23. The highest BCUT2D eigenvalue weighted by atomic mass is 32.2. The van der Waals surface area contributed by atoms with Crippen LogP contribution in [0.5, 0.6) is 0 Å². The van der Waals surface area contributed by atoms with Crippen LogP contribution in [0.4, 0.5) is 0 Å². The van der Waals surface area contributed by atoms with Crippen LogP contribution in [0.3, 0.4) is 0 Å². The Hall–Kier alpha value is -1.02. The Balaban J connectivity index is 4.68. The lowest BCUT2D eigenvalue weighted by Gasteiger charge is -2.02. The molecule has 0 fully saturated rings. The maximum Gasteiger partial charge on any atom is 0.0313 e. The Kier molecular flexibility index (Phi) is 10.5. The van der Waals surface area contributed by atoms with Crippen LogP contribution in [0.15, 0.2) is 52.6 Å². The van der Waals surface area contributed by atoms with Gasteiger partial charge in [0.1, 0.15) is 0 Å². The Morgan fingerprint density at radius 3 is 2.56 bits per heavy atom. The first kappa shape index (κ1) is 17.0. The zero-order valence-electron chi connectivity index (χ0n) is 12.2. The fraction of sp³-hybridized carbons (Fsp3) is 0.438. The molecular weight excluding hydrogens is 238 g/mol. The Bertz CT molecular complexity index is 371. The van der Waals surface area contributed by atoms with Crippen molar-refractivity contribution >= 4 is 17.5 Å². The number of nitrogens with zero attached hydrogens (tertiary/aromatic N) is 1. The molecule has 0 aromatic heterocycles. The minimum Gasteiger partial charge on any atom is -0.293 e. The second kappa shape index (κ2) is 11.1. The highest BCUT2D eigenvalue weighted by molar-refractivity contribution is 7.98. The second-order valence-corrected chi connectivity index (χ2v) is 5.07. The van der Waals surface area contributed by atoms with Crippen molar-refractivity contribution in [1.82, 2.24) is 0 Å². The first-order valence-electron chi connectivity index (χ1n) is 6.22. The van der Waals surface area contributed by atoms with Crippen molar-refractivity contribution in [2.75, 3.05) is 19.1 Å². The molecule has 0 N–H and O–H groups in total. The van der Waals surface area contributed by atoms with Crippen LogP contribution in [0.25, 0.3) is 0 Å². The predicted octanol–water partition coefficient (Wildman–Crippen LogP) is 4.84. The van der Waals surface area contributed by atoms with Crippen LogP contribution in [0.1, 0.15) is 27.2 Å². The Morgan fingerprint density at radius 2 is 2.00 bits per heavy atom. The molecule has 0 unspecified atom stereocenters. The minimum atomic E-state index is 0.973. The van der Waals surface area contributed by atoms with Crippen molar-refractivity contribution in [1.29, 1.82) is 0 Å². The maximum atomic E-state index is 4.15. The standard InChI is InChI=1S/C16H25NS/c1-6-9-16(10-7-8-11-18-5)13-14(2)12-15(3)17-4/h6-10,12H,11,13H2,1-5H3/b8-7+,9-6-,14-12+,16-10+,17-15-. The van der Waals surface area contributed by atoms with Crippen LogP contribution < -0.4 is 0 Å². The number of thioether (sulfide) groups is 1. The molecule has 0 aromatic carbocycles. The highest BCUT2D eigenvalue weighted by Gasteiger charge is 1.95. The van der Waals surface area contributed by atoms with E-state index in [0.717, 1.165) is 17.9 Å². The lowest BCUT2D eigenvalue weighted by atomic mass is 10.0. The fourth-order valence-electron chi connectivity index (χ4n) is 1.53. The van der Waals surface area contributed by atoms with E-state index in [-0.39, 0.29) is 0 Å². The third kappa shape index (κ3) is 9.06. The topological polar surface area (TPSA) is 12.4 Å². The van der Waals surface area contributed by atoms with E-state index in [2.05, 4.69) is 61.6 Å². The molecule has 0 saturated heterocycles. The SMILES string of the molecule is C\C=C/C(=C\C=C\CSC)C/C(C)=C/C(C)=N\C. The zero-order chi connectivity index (χ0) is 13.8. The zero-order valence-corrected chi connectivity index (χ0v) is 13.1. The van der Waals surface area contributed by atoms with E-state index >= 15 is 0 Å². The van der Waals surface area contributed by atoms with Crippen LogP contribution in [0, 0.1) is 0 Å². The van der Waals surface area contributed by atoms with Gasteiger partial charge in [0, 0.05) is 18.5 Å². The predicted molar refractivity (Wildman–Crippen MR) is 87.8 cm³/mol. The molecule has 2 heteroatoms. The molecule has 18 heavy (non-hydrogen) atoms. The third-order valence-electron chi connectivity index (χ3n) is 2.38. The number of allylic oxidation sites excluding steroid dienone is 7. The van der Waals surface area contributed by atoms with Gasteiger partial charge in [0.2, 0.25) is 0 Å². The number of hydrogen-bond donors (Lipinski definition) is 0. The average molecular weight is 263 g/mol. The lowest BCUT2D eigenvalue weighted by Crippen LogP contribution is -1.89. The van der Waals surface area contributed by atoms with Crippen LogP contribution in [-0.4, -0.2) is 24.8 Å². The van der Waals surface area contributed by atoms with Crippen molar-refractivity contribution in [2.24, 2.45) is 4.99 Å². The van der Waals surface area contributed by atoms with Gasteiger partial charge in [0.05, 0.1) is 0 Å². The lowest BCUT2D eigenvalue weighted by molar-refractivity contribution is 1.15.